The van der Waals surface area contributed by atoms with Crippen LogP contribution in [0.25, 0.3) is 0 Å². The van der Waals surface area contributed by atoms with Crippen LogP contribution in [0.1, 0.15) is 124 Å². The molecule has 10 nitrogen and oxygen atoms in total. The molecular formula is C27H50O10. The molecule has 218 valence electrons. The Bertz CT molecular complexity index is 641. The number of ether oxygens (including phenoxy) is 2. The van der Waals surface area contributed by atoms with Crippen molar-refractivity contribution in [2.45, 2.75) is 154 Å². The van der Waals surface area contributed by atoms with Crippen LogP contribution in [0.15, 0.2) is 0 Å². The van der Waals surface area contributed by atoms with Gasteiger partial charge in [0.05, 0.1) is 12.2 Å². The number of rotatable bonds is 23. The maximum Gasteiger partial charge on any atom is 0.307 e. The van der Waals surface area contributed by atoms with Crippen molar-refractivity contribution in [2.75, 3.05) is 0 Å². The molecule has 0 aliphatic rings. The van der Waals surface area contributed by atoms with Crippen LogP contribution in [-0.2, 0) is 23.9 Å². The van der Waals surface area contributed by atoms with Crippen molar-refractivity contribution in [2.24, 2.45) is 0 Å². The summed E-state index contributed by atoms with van der Waals surface area (Å²) in [6, 6.07) is 0. The number of esters is 2. The first-order valence-corrected chi connectivity index (χ1v) is 13.8. The van der Waals surface area contributed by atoms with Crippen molar-refractivity contribution in [1.82, 2.24) is 0 Å². The second-order valence-electron chi connectivity index (χ2n) is 9.94. The monoisotopic (exact) mass is 534 g/mol. The van der Waals surface area contributed by atoms with Gasteiger partial charge in [-0.1, -0.05) is 84.0 Å². The van der Waals surface area contributed by atoms with E-state index in [1.165, 1.54) is 51.4 Å². The van der Waals surface area contributed by atoms with Gasteiger partial charge in [-0.2, -0.15) is 0 Å². The minimum atomic E-state index is -3.22. The first-order chi connectivity index (χ1) is 17.4. The van der Waals surface area contributed by atoms with Crippen molar-refractivity contribution in [3.8, 4) is 0 Å². The van der Waals surface area contributed by atoms with Crippen molar-refractivity contribution in [3.05, 3.63) is 0 Å². The summed E-state index contributed by atoms with van der Waals surface area (Å²) in [6.45, 7) is 3.99. The molecule has 0 spiro atoms. The van der Waals surface area contributed by atoms with Gasteiger partial charge in [-0.25, -0.2) is 0 Å². The van der Waals surface area contributed by atoms with Gasteiger partial charge in [-0.3, -0.25) is 14.4 Å². The van der Waals surface area contributed by atoms with E-state index in [9.17, 15) is 39.9 Å². The molecule has 0 saturated carbocycles. The number of aliphatic hydroxyl groups is 5. The summed E-state index contributed by atoms with van der Waals surface area (Å²) in [5.41, 5.74) is 0. The Hall–Kier alpha value is -1.59. The fraction of sp³-hybridized carbons (Fsp3) is 0.889. The first-order valence-electron chi connectivity index (χ1n) is 13.8. The minimum absolute atomic E-state index is 0.210. The predicted octanol–water partition coefficient (Wildman–Crippen LogP) is 3.03. The van der Waals surface area contributed by atoms with Crippen LogP contribution in [0.5, 0.6) is 0 Å². The standard InChI is InChI=1S/C27H50O10/c1-4-5-6-7-8-9-10-11-12-13-16-22(30)17-14-15-18-23(31)19-24(32)25(33)27(35,37-21(3)29)26(34)36-20(2)28/h22-23,25-26,30-31,33-35H,4-19H2,1-3H3. The highest BCUT2D eigenvalue weighted by Gasteiger charge is 2.52. The van der Waals surface area contributed by atoms with Gasteiger partial charge in [0.1, 0.15) is 0 Å². The highest BCUT2D eigenvalue weighted by atomic mass is 16.7. The molecule has 0 radical (unpaired) electrons. The van der Waals surface area contributed by atoms with E-state index in [1.807, 2.05) is 0 Å². The van der Waals surface area contributed by atoms with E-state index in [1.54, 1.807) is 0 Å². The van der Waals surface area contributed by atoms with Gasteiger partial charge in [-0.05, 0) is 19.3 Å². The normalized spacial score (nSPS) is 16.3. The van der Waals surface area contributed by atoms with Crippen molar-refractivity contribution < 1.29 is 49.4 Å². The van der Waals surface area contributed by atoms with Gasteiger partial charge in [0.25, 0.3) is 6.29 Å². The molecule has 0 bridgehead atoms. The number of hydrogen-bond acceptors (Lipinski definition) is 10. The van der Waals surface area contributed by atoms with Gasteiger partial charge in [-0.15, -0.1) is 0 Å². The Balaban J connectivity index is 4.17. The molecule has 0 aliphatic carbocycles. The van der Waals surface area contributed by atoms with Gasteiger partial charge in [0, 0.05) is 20.3 Å². The van der Waals surface area contributed by atoms with Gasteiger partial charge >= 0.3 is 17.7 Å². The number of ketones is 1. The quantitative estimate of drug-likeness (QED) is 0.0745. The molecule has 0 amide bonds. The van der Waals surface area contributed by atoms with E-state index in [4.69, 9.17) is 0 Å². The van der Waals surface area contributed by atoms with Crippen molar-refractivity contribution in [3.63, 3.8) is 0 Å². The molecule has 0 aromatic rings. The second kappa shape index (κ2) is 20.4. The summed E-state index contributed by atoms with van der Waals surface area (Å²) in [5.74, 6) is -6.51. The average Bonchev–Trinajstić information content (AvgIpc) is 2.81. The fourth-order valence-corrected chi connectivity index (χ4v) is 4.16. The zero-order valence-corrected chi connectivity index (χ0v) is 22.9. The minimum Gasteiger partial charge on any atom is -0.429 e. The molecule has 0 saturated heterocycles. The number of Topliss-reactive ketones (excluding diaryl/α,β-unsaturated/α-hetero) is 1. The number of aliphatic hydroxyl groups excluding tert-OH is 4. The molecule has 37 heavy (non-hydrogen) atoms. The van der Waals surface area contributed by atoms with Crippen molar-refractivity contribution >= 4 is 17.7 Å². The Kier molecular flexibility index (Phi) is 19.5. The lowest BCUT2D eigenvalue weighted by atomic mass is 9.97. The molecular weight excluding hydrogens is 484 g/mol. The molecule has 5 atom stereocenters. The van der Waals surface area contributed by atoms with Crippen LogP contribution in [0, 0.1) is 0 Å². The molecule has 0 aromatic carbocycles. The van der Waals surface area contributed by atoms with E-state index in [-0.39, 0.29) is 6.42 Å². The average molecular weight is 535 g/mol. The summed E-state index contributed by atoms with van der Waals surface area (Å²) in [5, 5.41) is 50.7. The number of hydrogen-bond donors (Lipinski definition) is 5. The fourth-order valence-electron chi connectivity index (χ4n) is 4.16. The van der Waals surface area contributed by atoms with Crippen LogP contribution in [0.4, 0.5) is 0 Å². The number of carbonyl (C=O) groups is 3. The molecule has 0 rings (SSSR count). The number of unbranched alkanes of at least 4 members (excludes halogenated alkanes) is 10. The molecule has 5 N–H and O–H groups in total. The maximum atomic E-state index is 12.3. The van der Waals surface area contributed by atoms with Gasteiger partial charge in [0.2, 0.25) is 0 Å². The highest BCUT2D eigenvalue weighted by molar-refractivity contribution is 5.85. The summed E-state index contributed by atoms with van der Waals surface area (Å²) in [6.07, 6.45) is 7.97. The molecule has 5 unspecified atom stereocenters. The van der Waals surface area contributed by atoms with Crippen LogP contribution in [-0.4, -0.2) is 73.6 Å². The van der Waals surface area contributed by atoms with Crippen LogP contribution in [0.2, 0.25) is 0 Å². The van der Waals surface area contributed by atoms with E-state index < -0.39 is 54.5 Å². The summed E-state index contributed by atoms with van der Waals surface area (Å²) < 4.78 is 8.83. The Labute approximate surface area is 221 Å². The largest absolute Gasteiger partial charge is 0.429 e. The Morgan fingerprint density at radius 3 is 1.57 bits per heavy atom. The summed E-state index contributed by atoms with van der Waals surface area (Å²) in [4.78, 5) is 34.6. The Morgan fingerprint density at radius 2 is 1.11 bits per heavy atom. The lowest BCUT2D eigenvalue weighted by Crippen LogP contribution is -2.59. The lowest BCUT2D eigenvalue weighted by Gasteiger charge is -2.34. The summed E-state index contributed by atoms with van der Waals surface area (Å²) >= 11 is 0. The molecule has 0 aromatic heterocycles. The Morgan fingerprint density at radius 1 is 0.676 bits per heavy atom. The summed E-state index contributed by atoms with van der Waals surface area (Å²) in [7, 11) is 0. The third-order valence-electron chi connectivity index (χ3n) is 6.29. The zero-order chi connectivity index (χ0) is 28.3. The van der Waals surface area contributed by atoms with Gasteiger partial charge in [0.15, 0.2) is 11.9 Å². The van der Waals surface area contributed by atoms with E-state index >= 15 is 0 Å². The zero-order valence-electron chi connectivity index (χ0n) is 22.9. The number of carbonyl (C=O) groups excluding carboxylic acids is 3. The van der Waals surface area contributed by atoms with Gasteiger partial charge < -0.3 is 35.0 Å². The molecule has 0 aliphatic heterocycles. The third-order valence-corrected chi connectivity index (χ3v) is 6.29. The van der Waals surface area contributed by atoms with Crippen molar-refractivity contribution in [1.29, 1.82) is 0 Å². The molecule has 0 heterocycles. The van der Waals surface area contributed by atoms with E-state index in [0.29, 0.717) is 19.3 Å². The highest BCUT2D eigenvalue weighted by Crippen LogP contribution is 2.23. The predicted molar refractivity (Wildman–Crippen MR) is 137 cm³/mol. The topological polar surface area (TPSA) is 171 Å². The van der Waals surface area contributed by atoms with Crippen LogP contribution >= 0.6 is 0 Å². The second-order valence-corrected chi connectivity index (χ2v) is 9.94. The third kappa shape index (κ3) is 16.8. The SMILES string of the molecule is CCCCCCCCCCCCC(O)CCCCC(O)CC(=O)C(O)C(O)(OC(C)=O)C(O)OC(C)=O. The van der Waals surface area contributed by atoms with E-state index in [0.717, 1.165) is 33.1 Å². The lowest BCUT2D eigenvalue weighted by molar-refractivity contribution is -0.326. The van der Waals surface area contributed by atoms with Crippen LogP contribution < -0.4 is 0 Å². The molecule has 0 fully saturated rings. The molecule has 10 heteroatoms. The first kappa shape index (κ1) is 35.4. The smallest absolute Gasteiger partial charge is 0.307 e. The maximum absolute atomic E-state index is 12.3. The van der Waals surface area contributed by atoms with Crippen LogP contribution in [0.3, 0.4) is 0 Å². The van der Waals surface area contributed by atoms with E-state index in [2.05, 4.69) is 16.4 Å².